The quantitative estimate of drug-likeness (QED) is 0.0921. The highest BCUT2D eigenvalue weighted by atomic mass is 16.5. The van der Waals surface area contributed by atoms with Gasteiger partial charge < -0.3 is 26.0 Å². The Bertz CT molecular complexity index is 835. The molecule has 10 nitrogen and oxygen atoms in total. The normalized spacial score (nSPS) is 12.8. The summed E-state index contributed by atoms with van der Waals surface area (Å²) in [6, 6.07) is -0.691. The summed E-state index contributed by atoms with van der Waals surface area (Å²) in [5.41, 5.74) is -0.00185. The van der Waals surface area contributed by atoms with E-state index in [2.05, 4.69) is 35.1 Å². The molecule has 0 spiro atoms. The Hall–Kier alpha value is -2.27. The third-order valence-electron chi connectivity index (χ3n) is 7.49. The van der Waals surface area contributed by atoms with Crippen LogP contribution in [-0.4, -0.2) is 82.1 Å². The molecule has 2 radical (unpaired) electrons. The van der Waals surface area contributed by atoms with Gasteiger partial charge in [-0.25, -0.2) is 0 Å². The number of hydrogen-bond acceptors (Lipinski definition) is 7. The lowest BCUT2D eigenvalue weighted by Gasteiger charge is -2.25. The van der Waals surface area contributed by atoms with Crippen molar-refractivity contribution in [1.29, 1.82) is 0 Å². The Kier molecular flexibility index (Phi) is 24.0. The van der Waals surface area contributed by atoms with Crippen molar-refractivity contribution in [3.05, 3.63) is 0 Å². The minimum absolute atomic E-state index is 0. The fourth-order valence-corrected chi connectivity index (χ4v) is 3.99. The Balaban J connectivity index is 0. The first kappa shape index (κ1) is 42.9. The highest BCUT2D eigenvalue weighted by Gasteiger charge is 2.21. The van der Waals surface area contributed by atoms with Crippen LogP contribution in [0.2, 0.25) is 0 Å². The maximum absolute atomic E-state index is 13.0. The summed E-state index contributed by atoms with van der Waals surface area (Å²) in [6.07, 6.45) is 5.48. The van der Waals surface area contributed by atoms with E-state index in [0.29, 0.717) is 77.5 Å². The lowest BCUT2D eigenvalue weighted by Crippen LogP contribution is -2.47. The Morgan fingerprint density at radius 3 is 1.79 bits per heavy atom. The van der Waals surface area contributed by atoms with Crippen LogP contribution in [0.4, 0.5) is 0 Å². The summed E-state index contributed by atoms with van der Waals surface area (Å²) in [5.74, 6) is -0.373. The minimum atomic E-state index is -0.691. The maximum Gasteiger partial charge on any atom is 0.242 e. The van der Waals surface area contributed by atoms with Gasteiger partial charge in [-0.3, -0.25) is 24.0 Å². The third-order valence-corrected chi connectivity index (χ3v) is 7.49. The maximum atomic E-state index is 13.0. The second kappa shape index (κ2) is 24.1. The molecule has 2 atom stereocenters. The standard InChI is InChI=1S/C32H60N4O6.BH/c1-23(2)27(37)14-11-16-29(39)34-20-10-9-13-26(36-30(40)17-12-15-28(38)24(3)4)31(41)35-21-18-25(5)42-22-19-32(6,7)33-8;/h23-26,33H,9-22H2,1-8H3,(H,34,39)(H,35,41)(H,36,40);1H. The van der Waals surface area contributed by atoms with Crippen LogP contribution in [0.5, 0.6) is 0 Å². The monoisotopic (exact) mass is 608 g/mol. The average molecular weight is 609 g/mol. The molecule has 11 heteroatoms. The SMILES string of the molecule is CNC(C)(C)CCOC(C)CCNC(=O)C(CCCCNC(=O)CCCC(=O)C(C)C)NC(=O)CCCC(=O)C(C)C.[BH]. The molecule has 0 aliphatic heterocycles. The number of carbonyl (C=O) groups is 5. The Morgan fingerprint density at radius 1 is 0.698 bits per heavy atom. The zero-order valence-corrected chi connectivity index (χ0v) is 28.4. The van der Waals surface area contributed by atoms with Crippen molar-refractivity contribution in [3.63, 3.8) is 0 Å². The van der Waals surface area contributed by atoms with Crippen LogP contribution in [0.15, 0.2) is 0 Å². The van der Waals surface area contributed by atoms with Gasteiger partial charge in [0.2, 0.25) is 17.7 Å². The van der Waals surface area contributed by atoms with E-state index in [1.165, 1.54) is 0 Å². The molecule has 43 heavy (non-hydrogen) atoms. The number of nitrogens with one attached hydrogen (secondary N) is 4. The molecule has 0 aromatic rings. The molecule has 0 bridgehead atoms. The van der Waals surface area contributed by atoms with E-state index >= 15 is 0 Å². The number of ketones is 2. The first-order valence-corrected chi connectivity index (χ1v) is 15.9. The third kappa shape index (κ3) is 22.9. The number of hydrogen-bond donors (Lipinski definition) is 4. The van der Waals surface area contributed by atoms with Gasteiger partial charge in [0, 0.05) is 71.2 Å². The number of unbranched alkanes of at least 4 members (excludes halogenated alkanes) is 1. The molecular formula is C32H61BN4O6. The van der Waals surface area contributed by atoms with Gasteiger partial charge >= 0.3 is 0 Å². The highest BCUT2D eigenvalue weighted by Crippen LogP contribution is 2.10. The smallest absolute Gasteiger partial charge is 0.242 e. The molecule has 0 heterocycles. The molecule has 0 aliphatic rings. The van der Waals surface area contributed by atoms with E-state index in [4.69, 9.17) is 4.74 Å². The second-order valence-electron chi connectivity index (χ2n) is 12.6. The van der Waals surface area contributed by atoms with Crippen LogP contribution in [0.3, 0.4) is 0 Å². The van der Waals surface area contributed by atoms with Crippen LogP contribution in [-0.2, 0) is 28.7 Å². The van der Waals surface area contributed by atoms with E-state index in [-0.39, 0.29) is 67.6 Å². The summed E-state index contributed by atoms with van der Waals surface area (Å²) < 4.78 is 5.88. The molecule has 2 unspecified atom stereocenters. The zero-order valence-electron chi connectivity index (χ0n) is 28.4. The van der Waals surface area contributed by atoms with Gasteiger partial charge in [-0.1, -0.05) is 27.7 Å². The number of Topliss-reactive ketones (excluding diaryl/α,β-unsaturated/α-hetero) is 2. The molecule has 4 N–H and O–H groups in total. The van der Waals surface area contributed by atoms with E-state index in [9.17, 15) is 24.0 Å². The summed E-state index contributed by atoms with van der Waals surface area (Å²) in [6.45, 7) is 15.1. The Morgan fingerprint density at radius 2 is 1.26 bits per heavy atom. The van der Waals surface area contributed by atoms with Crippen molar-refractivity contribution >= 4 is 37.7 Å². The molecule has 0 aromatic heterocycles. The van der Waals surface area contributed by atoms with Crippen molar-refractivity contribution in [2.75, 3.05) is 26.7 Å². The van der Waals surface area contributed by atoms with E-state index in [1.54, 1.807) is 0 Å². The van der Waals surface area contributed by atoms with Crippen LogP contribution >= 0.6 is 0 Å². The fraction of sp³-hybridized carbons (Fsp3) is 0.844. The van der Waals surface area contributed by atoms with Gasteiger partial charge in [-0.15, -0.1) is 0 Å². The van der Waals surface area contributed by atoms with E-state index in [0.717, 1.165) is 6.42 Å². The molecule has 3 amide bonds. The van der Waals surface area contributed by atoms with Crippen LogP contribution in [0.1, 0.15) is 119 Å². The molecular weight excluding hydrogens is 547 g/mol. The summed E-state index contributed by atoms with van der Waals surface area (Å²) in [7, 11) is 1.93. The summed E-state index contributed by atoms with van der Waals surface area (Å²) in [4.78, 5) is 61.2. The minimum Gasteiger partial charge on any atom is -0.378 e. The number of ether oxygens (including phenoxy) is 1. The lowest BCUT2D eigenvalue weighted by molar-refractivity contribution is -0.129. The van der Waals surface area contributed by atoms with Crippen molar-refractivity contribution in [1.82, 2.24) is 21.3 Å². The first-order chi connectivity index (χ1) is 19.7. The van der Waals surface area contributed by atoms with Crippen LogP contribution in [0.25, 0.3) is 0 Å². The predicted molar refractivity (Wildman–Crippen MR) is 174 cm³/mol. The first-order valence-electron chi connectivity index (χ1n) is 15.9. The number of carbonyl (C=O) groups excluding carboxylic acids is 5. The largest absolute Gasteiger partial charge is 0.378 e. The fourth-order valence-electron chi connectivity index (χ4n) is 3.99. The van der Waals surface area contributed by atoms with E-state index < -0.39 is 6.04 Å². The molecule has 0 saturated carbocycles. The van der Waals surface area contributed by atoms with Crippen molar-refractivity contribution in [2.45, 2.75) is 137 Å². The van der Waals surface area contributed by atoms with Gasteiger partial charge in [0.25, 0.3) is 0 Å². The Labute approximate surface area is 262 Å². The molecule has 0 aromatic carbocycles. The zero-order chi connectivity index (χ0) is 32.1. The predicted octanol–water partition coefficient (Wildman–Crippen LogP) is 3.20. The molecule has 248 valence electrons. The van der Waals surface area contributed by atoms with Gasteiger partial charge in [-0.2, -0.15) is 0 Å². The summed E-state index contributed by atoms with van der Waals surface area (Å²) >= 11 is 0. The number of amides is 3. The van der Waals surface area contributed by atoms with Crippen LogP contribution < -0.4 is 21.3 Å². The average Bonchev–Trinajstić information content (AvgIpc) is 2.91. The summed E-state index contributed by atoms with van der Waals surface area (Å²) in [5, 5.41) is 11.9. The van der Waals surface area contributed by atoms with E-state index in [1.807, 2.05) is 41.7 Å². The van der Waals surface area contributed by atoms with Crippen LogP contribution in [0, 0.1) is 11.8 Å². The number of rotatable bonds is 25. The van der Waals surface area contributed by atoms with Crippen molar-refractivity contribution < 1.29 is 28.7 Å². The second-order valence-corrected chi connectivity index (χ2v) is 12.6. The van der Waals surface area contributed by atoms with Gasteiger partial charge in [0.15, 0.2) is 0 Å². The lowest BCUT2D eigenvalue weighted by atomic mass is 10.0. The molecule has 0 rings (SSSR count). The molecule has 0 saturated heterocycles. The van der Waals surface area contributed by atoms with Crippen molar-refractivity contribution in [2.24, 2.45) is 11.8 Å². The highest BCUT2D eigenvalue weighted by molar-refractivity contribution is 5.88. The topological polar surface area (TPSA) is 143 Å². The van der Waals surface area contributed by atoms with Gasteiger partial charge in [-0.05, 0) is 72.8 Å². The molecule has 0 aliphatic carbocycles. The van der Waals surface area contributed by atoms with Gasteiger partial charge in [0.1, 0.15) is 17.6 Å². The van der Waals surface area contributed by atoms with Gasteiger partial charge in [0.05, 0.1) is 6.10 Å². The van der Waals surface area contributed by atoms with Crippen molar-refractivity contribution in [3.8, 4) is 0 Å². The molecule has 0 fully saturated rings.